The second-order valence-corrected chi connectivity index (χ2v) is 5.81. The third-order valence-electron chi connectivity index (χ3n) is 2.90. The van der Waals surface area contributed by atoms with Crippen LogP contribution in [0.3, 0.4) is 0 Å². The summed E-state index contributed by atoms with van der Waals surface area (Å²) in [5, 5.41) is 0.586. The Bertz CT molecular complexity index is 537. The Morgan fingerprint density at radius 1 is 1.39 bits per heavy atom. The van der Waals surface area contributed by atoms with E-state index in [4.69, 9.17) is 15.2 Å². The van der Waals surface area contributed by atoms with Gasteiger partial charge < -0.3 is 15.2 Å². The van der Waals surface area contributed by atoms with Crippen molar-refractivity contribution in [2.45, 2.75) is 25.9 Å². The van der Waals surface area contributed by atoms with Crippen LogP contribution in [0, 0.1) is 0 Å². The van der Waals surface area contributed by atoms with Crippen molar-refractivity contribution in [3.63, 3.8) is 0 Å². The maximum Gasteiger partial charge on any atom is 0.181 e. The van der Waals surface area contributed by atoms with Crippen LogP contribution in [-0.2, 0) is 4.74 Å². The number of ether oxygens (including phenoxy) is 2. The molecule has 4 nitrogen and oxygen atoms in total. The zero-order valence-electron chi connectivity index (χ0n) is 10.9. The lowest BCUT2D eigenvalue weighted by atomic mass is 10.1. The van der Waals surface area contributed by atoms with Crippen LogP contribution >= 0.6 is 11.3 Å². The molecule has 0 fully saturated rings. The molecule has 0 unspecified atom stereocenters. The molecule has 1 aromatic carbocycles. The van der Waals surface area contributed by atoms with E-state index in [9.17, 15) is 0 Å². The molecule has 1 aromatic heterocycles. The summed E-state index contributed by atoms with van der Waals surface area (Å²) in [6.07, 6.45) is 0.840. The van der Waals surface area contributed by atoms with Crippen molar-refractivity contribution in [1.82, 2.24) is 4.98 Å². The summed E-state index contributed by atoms with van der Waals surface area (Å²) >= 11 is 1.47. The van der Waals surface area contributed by atoms with Gasteiger partial charge in [0.25, 0.3) is 0 Å². The Kier molecular flexibility index (Phi) is 3.73. The smallest absolute Gasteiger partial charge is 0.181 e. The molecule has 0 aliphatic carbocycles. The summed E-state index contributed by atoms with van der Waals surface area (Å²) in [6, 6.07) is 5.82. The Morgan fingerprint density at radius 2 is 2.17 bits per heavy atom. The van der Waals surface area contributed by atoms with Gasteiger partial charge >= 0.3 is 0 Å². The molecule has 0 aliphatic rings. The molecule has 2 aromatic rings. The number of hydrogen-bond acceptors (Lipinski definition) is 5. The highest BCUT2D eigenvalue weighted by Gasteiger charge is 2.16. The Labute approximate surface area is 111 Å². The van der Waals surface area contributed by atoms with Crippen molar-refractivity contribution < 1.29 is 9.47 Å². The zero-order valence-corrected chi connectivity index (χ0v) is 11.7. The summed E-state index contributed by atoms with van der Waals surface area (Å²) in [6.45, 7) is 4.72. The predicted molar refractivity (Wildman–Crippen MR) is 75.2 cm³/mol. The van der Waals surface area contributed by atoms with Crippen molar-refractivity contribution in [2.75, 3.05) is 19.5 Å². The summed E-state index contributed by atoms with van der Waals surface area (Å²) in [5.74, 6) is 0.845. The minimum absolute atomic E-state index is 0.154. The van der Waals surface area contributed by atoms with E-state index in [1.54, 1.807) is 7.11 Å². The van der Waals surface area contributed by atoms with Crippen LogP contribution in [0.25, 0.3) is 10.2 Å². The first kappa shape index (κ1) is 13.1. The maximum atomic E-state index is 5.72. The first-order valence-corrected chi connectivity index (χ1v) is 6.66. The highest BCUT2D eigenvalue weighted by molar-refractivity contribution is 7.22. The number of hydrogen-bond donors (Lipinski definition) is 1. The summed E-state index contributed by atoms with van der Waals surface area (Å²) < 4.78 is 12.1. The lowest BCUT2D eigenvalue weighted by molar-refractivity contribution is 0.00547. The molecule has 0 bridgehead atoms. The van der Waals surface area contributed by atoms with Crippen LogP contribution in [0.1, 0.15) is 20.3 Å². The van der Waals surface area contributed by atoms with E-state index < -0.39 is 0 Å². The fourth-order valence-corrected chi connectivity index (χ4v) is 2.29. The van der Waals surface area contributed by atoms with E-state index in [-0.39, 0.29) is 5.60 Å². The minimum atomic E-state index is -0.154. The number of nitrogen functional groups attached to an aromatic ring is 1. The van der Waals surface area contributed by atoms with E-state index >= 15 is 0 Å². The number of methoxy groups -OCH3 is 1. The minimum Gasteiger partial charge on any atom is -0.493 e. The van der Waals surface area contributed by atoms with Crippen molar-refractivity contribution in [3.05, 3.63) is 18.2 Å². The number of fused-ring (bicyclic) bond motifs is 1. The average molecular weight is 266 g/mol. The molecule has 0 saturated carbocycles. The van der Waals surface area contributed by atoms with E-state index in [1.807, 2.05) is 32.0 Å². The topological polar surface area (TPSA) is 57.4 Å². The maximum absolute atomic E-state index is 5.72. The van der Waals surface area contributed by atoms with Crippen LogP contribution in [0.2, 0.25) is 0 Å². The Balaban J connectivity index is 1.99. The molecule has 0 radical (unpaired) electrons. The first-order chi connectivity index (χ1) is 8.50. The van der Waals surface area contributed by atoms with Gasteiger partial charge in [-0.1, -0.05) is 11.3 Å². The fourth-order valence-electron chi connectivity index (χ4n) is 1.53. The van der Waals surface area contributed by atoms with Crippen molar-refractivity contribution in [3.8, 4) is 5.75 Å². The van der Waals surface area contributed by atoms with Gasteiger partial charge in [0.05, 0.1) is 22.4 Å². The van der Waals surface area contributed by atoms with E-state index in [2.05, 4.69) is 4.98 Å². The van der Waals surface area contributed by atoms with Gasteiger partial charge in [-0.15, -0.1) is 0 Å². The first-order valence-electron chi connectivity index (χ1n) is 5.84. The number of nitrogens with zero attached hydrogens (tertiary/aromatic N) is 1. The third kappa shape index (κ3) is 3.11. The quantitative estimate of drug-likeness (QED) is 0.903. The SMILES string of the molecule is COC(C)(C)CCOc1ccc2nc(N)sc2c1. The van der Waals surface area contributed by atoms with Gasteiger partial charge in [-0.2, -0.15) is 0 Å². The van der Waals surface area contributed by atoms with E-state index in [0.29, 0.717) is 11.7 Å². The Hall–Kier alpha value is -1.33. The van der Waals surface area contributed by atoms with Crippen LogP contribution in [0.5, 0.6) is 5.75 Å². The lowest BCUT2D eigenvalue weighted by Gasteiger charge is -2.22. The summed E-state index contributed by atoms with van der Waals surface area (Å²) in [7, 11) is 1.71. The van der Waals surface area contributed by atoms with Gasteiger partial charge in [-0.05, 0) is 32.0 Å². The average Bonchev–Trinajstić information content (AvgIpc) is 2.68. The molecule has 1 heterocycles. The van der Waals surface area contributed by atoms with Gasteiger partial charge in [-0.3, -0.25) is 0 Å². The predicted octanol–water partition coefficient (Wildman–Crippen LogP) is 3.07. The van der Waals surface area contributed by atoms with Crippen molar-refractivity contribution in [2.24, 2.45) is 0 Å². The van der Waals surface area contributed by atoms with Gasteiger partial charge in [-0.25, -0.2) is 4.98 Å². The summed E-state index contributed by atoms with van der Waals surface area (Å²) in [4.78, 5) is 4.21. The Morgan fingerprint density at radius 3 is 2.89 bits per heavy atom. The standard InChI is InChI=1S/C13H18N2O2S/c1-13(2,16-3)6-7-17-9-4-5-10-11(8-9)18-12(14)15-10/h4-5,8H,6-7H2,1-3H3,(H2,14,15). The molecule has 5 heteroatoms. The molecule has 2 rings (SSSR count). The number of nitrogens with two attached hydrogens (primary N) is 1. The van der Waals surface area contributed by atoms with Crippen molar-refractivity contribution in [1.29, 1.82) is 0 Å². The number of aromatic nitrogens is 1. The molecular weight excluding hydrogens is 248 g/mol. The van der Waals surface area contributed by atoms with E-state index in [0.717, 1.165) is 22.4 Å². The second kappa shape index (κ2) is 5.12. The van der Waals surface area contributed by atoms with Crippen LogP contribution in [0.4, 0.5) is 5.13 Å². The monoisotopic (exact) mass is 266 g/mol. The van der Waals surface area contributed by atoms with Gasteiger partial charge in [0.15, 0.2) is 5.13 Å². The molecule has 0 saturated heterocycles. The van der Waals surface area contributed by atoms with Crippen LogP contribution in [-0.4, -0.2) is 24.3 Å². The fraction of sp³-hybridized carbons (Fsp3) is 0.462. The van der Waals surface area contributed by atoms with Gasteiger partial charge in [0.1, 0.15) is 5.75 Å². The highest BCUT2D eigenvalue weighted by Crippen LogP contribution is 2.27. The van der Waals surface area contributed by atoms with Crippen molar-refractivity contribution >= 4 is 26.7 Å². The molecule has 2 N–H and O–H groups in total. The molecule has 98 valence electrons. The number of anilines is 1. The molecular formula is C13H18N2O2S. The lowest BCUT2D eigenvalue weighted by Crippen LogP contribution is -2.25. The van der Waals surface area contributed by atoms with Crippen LogP contribution < -0.4 is 10.5 Å². The molecule has 0 aliphatic heterocycles. The molecule has 0 amide bonds. The second-order valence-electron chi connectivity index (χ2n) is 4.74. The highest BCUT2D eigenvalue weighted by atomic mass is 32.1. The van der Waals surface area contributed by atoms with E-state index in [1.165, 1.54) is 11.3 Å². The molecule has 0 atom stereocenters. The number of thiazole rings is 1. The number of benzene rings is 1. The molecule has 0 spiro atoms. The number of rotatable bonds is 5. The largest absolute Gasteiger partial charge is 0.493 e. The zero-order chi connectivity index (χ0) is 13.2. The normalized spacial score (nSPS) is 11.9. The summed E-state index contributed by atoms with van der Waals surface area (Å²) in [5.41, 5.74) is 6.43. The molecule has 18 heavy (non-hydrogen) atoms. The van der Waals surface area contributed by atoms with Crippen LogP contribution in [0.15, 0.2) is 18.2 Å². The third-order valence-corrected chi connectivity index (χ3v) is 3.75. The van der Waals surface area contributed by atoms with Gasteiger partial charge in [0.2, 0.25) is 0 Å². The van der Waals surface area contributed by atoms with Gasteiger partial charge in [0, 0.05) is 13.5 Å².